The molecule has 4 aromatic rings. The van der Waals surface area contributed by atoms with Gasteiger partial charge in [0.05, 0.1) is 33.0 Å². The highest BCUT2D eigenvalue weighted by molar-refractivity contribution is 7.93. The number of piperidine rings is 1. The Balaban J connectivity index is 0.930. The van der Waals surface area contributed by atoms with Crippen LogP contribution in [0.3, 0.4) is 0 Å². The van der Waals surface area contributed by atoms with Crippen LogP contribution in [0, 0.1) is 0 Å². The molecule has 2 unspecified atom stereocenters. The van der Waals surface area contributed by atoms with Crippen LogP contribution in [0.4, 0.5) is 10.5 Å². The first kappa shape index (κ1) is 32.7. The molecule has 256 valence electrons. The van der Waals surface area contributed by atoms with E-state index in [2.05, 4.69) is 15.5 Å². The highest BCUT2D eigenvalue weighted by Crippen LogP contribution is 2.47. The number of urea groups is 1. The van der Waals surface area contributed by atoms with Gasteiger partial charge in [-0.2, -0.15) is 0 Å². The van der Waals surface area contributed by atoms with Crippen molar-refractivity contribution in [2.75, 3.05) is 11.1 Å². The minimum atomic E-state index is -3.53. The summed E-state index contributed by atoms with van der Waals surface area (Å²) in [6.45, 7) is 2.01. The Bertz CT molecular complexity index is 2060. The number of nitrogens with one attached hydrogen (secondary N) is 1. The zero-order valence-electron chi connectivity index (χ0n) is 27.0. The smallest absolute Gasteiger partial charge is 0.322 e. The van der Waals surface area contributed by atoms with Gasteiger partial charge in [-0.15, -0.1) is 0 Å². The van der Waals surface area contributed by atoms with E-state index in [0.29, 0.717) is 76.1 Å². The van der Waals surface area contributed by atoms with Crippen molar-refractivity contribution in [2.24, 2.45) is 0 Å². The number of anilines is 1. The van der Waals surface area contributed by atoms with Crippen LogP contribution in [-0.2, 0) is 21.2 Å². The van der Waals surface area contributed by atoms with E-state index >= 15 is 0 Å². The maximum Gasteiger partial charge on any atom is 0.322 e. The van der Waals surface area contributed by atoms with Crippen LogP contribution in [0.2, 0.25) is 10.0 Å². The summed E-state index contributed by atoms with van der Waals surface area (Å²) in [5.74, 6) is 0.154. The van der Waals surface area contributed by atoms with Crippen LogP contribution in [-0.4, -0.2) is 64.0 Å². The number of ketones is 1. The van der Waals surface area contributed by atoms with Gasteiger partial charge in [0.2, 0.25) is 0 Å². The minimum absolute atomic E-state index is 0.0351. The highest BCUT2D eigenvalue weighted by atomic mass is 35.5. The molecule has 2 saturated carbocycles. The fourth-order valence-electron chi connectivity index (χ4n) is 7.31. The van der Waals surface area contributed by atoms with E-state index in [0.717, 1.165) is 37.0 Å². The summed E-state index contributed by atoms with van der Waals surface area (Å²) in [6.07, 6.45) is 7.86. The van der Waals surface area contributed by atoms with E-state index in [4.69, 9.17) is 32.5 Å². The molecule has 13 heteroatoms. The average molecular weight is 724 g/mol. The van der Waals surface area contributed by atoms with Crippen LogP contribution < -0.4 is 5.32 Å². The third-order valence-electron chi connectivity index (χ3n) is 10.6. The largest absolute Gasteiger partial charge is 0.373 e. The van der Waals surface area contributed by atoms with Gasteiger partial charge in [0.1, 0.15) is 17.2 Å². The third-order valence-corrected chi connectivity index (χ3v) is 13.8. The second-order valence-corrected chi connectivity index (χ2v) is 17.5. The van der Waals surface area contributed by atoms with Gasteiger partial charge in [-0.25, -0.2) is 13.2 Å². The van der Waals surface area contributed by atoms with Gasteiger partial charge in [-0.3, -0.25) is 9.78 Å². The molecular formula is C36H36Cl2N4O6S. The van der Waals surface area contributed by atoms with Crippen molar-refractivity contribution < 1.29 is 27.3 Å². The van der Waals surface area contributed by atoms with Crippen molar-refractivity contribution in [3.05, 3.63) is 75.6 Å². The zero-order chi connectivity index (χ0) is 34.1. The molecule has 10 nitrogen and oxygen atoms in total. The predicted molar refractivity (Wildman–Crippen MR) is 187 cm³/mol. The molecule has 2 bridgehead atoms. The molecule has 2 aromatic heterocycles. The van der Waals surface area contributed by atoms with Gasteiger partial charge < -0.3 is 19.5 Å². The first-order valence-electron chi connectivity index (χ1n) is 16.8. The van der Waals surface area contributed by atoms with Crippen molar-refractivity contribution in [1.29, 1.82) is 0 Å². The number of aromatic nitrogens is 2. The molecule has 2 saturated heterocycles. The van der Waals surface area contributed by atoms with E-state index in [1.807, 2.05) is 4.90 Å². The zero-order valence-corrected chi connectivity index (χ0v) is 29.3. The van der Waals surface area contributed by atoms with Gasteiger partial charge in [-0.05, 0) is 94.7 Å². The summed E-state index contributed by atoms with van der Waals surface area (Å²) in [5.41, 5.74) is 3.61. The SMILES string of the molecule is CC1(S(=O)(=O)CC(=O)c2cnc3ccc(NC(=O)N4C5CCC4CC(OCc4c(-c6c(Cl)cccc6Cl)noc4C4CC4)C5)cc3c2)CC1. The molecule has 2 aliphatic heterocycles. The summed E-state index contributed by atoms with van der Waals surface area (Å²) in [5, 5.41) is 9.08. The number of Topliss-reactive ketones (excluding diaryl/α,β-unsaturated/α-hetero) is 1. The fourth-order valence-corrected chi connectivity index (χ4v) is 9.47. The molecule has 4 fully saturated rings. The van der Waals surface area contributed by atoms with Crippen LogP contribution in [0.5, 0.6) is 0 Å². The van der Waals surface area contributed by atoms with Crippen LogP contribution in [0.25, 0.3) is 22.2 Å². The van der Waals surface area contributed by atoms with Crippen LogP contribution >= 0.6 is 23.2 Å². The molecule has 2 aliphatic carbocycles. The van der Waals surface area contributed by atoms with Gasteiger partial charge in [0.25, 0.3) is 0 Å². The van der Waals surface area contributed by atoms with Gasteiger partial charge in [0.15, 0.2) is 15.6 Å². The van der Waals surface area contributed by atoms with E-state index in [9.17, 15) is 18.0 Å². The van der Waals surface area contributed by atoms with Crippen LogP contribution in [0.15, 0.2) is 53.2 Å². The number of nitrogens with zero attached hydrogens (tertiary/aromatic N) is 3. The second-order valence-electron chi connectivity index (χ2n) is 14.1. The number of sulfone groups is 1. The number of carbonyl (C=O) groups excluding carboxylic acids is 2. The molecule has 49 heavy (non-hydrogen) atoms. The molecular weight excluding hydrogens is 687 g/mol. The van der Waals surface area contributed by atoms with Crippen molar-refractivity contribution >= 4 is 61.4 Å². The van der Waals surface area contributed by atoms with E-state index in [1.54, 1.807) is 49.4 Å². The average Bonchev–Trinajstić information content (AvgIpc) is 3.99. The first-order valence-corrected chi connectivity index (χ1v) is 19.2. The molecule has 4 heterocycles. The van der Waals surface area contributed by atoms with E-state index in [-0.39, 0.29) is 29.8 Å². The Morgan fingerprint density at radius 3 is 2.43 bits per heavy atom. The normalized spacial score (nSPS) is 22.8. The highest BCUT2D eigenvalue weighted by Gasteiger charge is 2.50. The number of amides is 2. The number of fused-ring (bicyclic) bond motifs is 3. The fraction of sp³-hybridized carbons (Fsp3) is 0.444. The number of rotatable bonds is 10. The lowest BCUT2D eigenvalue weighted by Gasteiger charge is -2.38. The predicted octanol–water partition coefficient (Wildman–Crippen LogP) is 7.97. The molecule has 2 aromatic carbocycles. The quantitative estimate of drug-likeness (QED) is 0.163. The van der Waals surface area contributed by atoms with Gasteiger partial charge >= 0.3 is 6.03 Å². The Morgan fingerprint density at radius 2 is 1.76 bits per heavy atom. The Morgan fingerprint density at radius 1 is 1.04 bits per heavy atom. The minimum Gasteiger partial charge on any atom is -0.373 e. The second kappa shape index (κ2) is 12.4. The Hall–Kier alpha value is -3.51. The van der Waals surface area contributed by atoms with Crippen molar-refractivity contribution in [3.63, 3.8) is 0 Å². The number of pyridine rings is 1. The summed E-state index contributed by atoms with van der Waals surface area (Å²) in [6, 6.07) is 12.2. The molecule has 4 aliphatic rings. The molecule has 2 atom stereocenters. The Labute approximate surface area is 294 Å². The van der Waals surface area contributed by atoms with Gasteiger partial charge in [0, 0.05) is 52.0 Å². The standard InChI is InChI=1S/C36H36Cl2N4O6S/c1-36(11-12-36)49(45,46)19-31(43)22-13-21-14-23(7-10-30(21)39-17-22)40-35(44)42-24-8-9-25(42)16-26(15-24)47-18-27-33(41-48-34(27)20-5-6-20)32-28(37)3-2-4-29(32)38/h2-4,7,10,13-14,17,20,24-26H,5-6,8-9,11-12,15-16,18-19H2,1H3,(H,40,44). The lowest BCUT2D eigenvalue weighted by molar-refractivity contribution is -0.0158. The molecule has 8 rings (SSSR count). The monoisotopic (exact) mass is 722 g/mol. The Kier molecular flexibility index (Phi) is 8.25. The summed E-state index contributed by atoms with van der Waals surface area (Å²) < 4.78 is 36.9. The molecule has 0 radical (unpaired) electrons. The first-order chi connectivity index (χ1) is 23.5. The van der Waals surface area contributed by atoms with E-state index in [1.165, 1.54) is 6.20 Å². The molecule has 0 spiro atoms. The number of halogens is 2. The number of hydrogen-bond donors (Lipinski definition) is 1. The number of carbonyl (C=O) groups is 2. The maximum absolute atomic E-state index is 13.6. The number of ether oxygens (including phenoxy) is 1. The molecule has 1 N–H and O–H groups in total. The summed E-state index contributed by atoms with van der Waals surface area (Å²) in [7, 11) is -3.53. The van der Waals surface area contributed by atoms with Crippen molar-refractivity contribution in [3.8, 4) is 11.3 Å². The topological polar surface area (TPSA) is 132 Å². The third kappa shape index (κ3) is 6.24. The molecule has 2 amide bonds. The van der Waals surface area contributed by atoms with E-state index < -0.39 is 26.1 Å². The summed E-state index contributed by atoms with van der Waals surface area (Å²) in [4.78, 5) is 32.8. The van der Waals surface area contributed by atoms with Crippen LogP contribution in [0.1, 0.15) is 85.9 Å². The lowest BCUT2D eigenvalue weighted by Crippen LogP contribution is -2.50. The van der Waals surface area contributed by atoms with Gasteiger partial charge in [-0.1, -0.05) is 34.4 Å². The maximum atomic E-state index is 13.6. The number of hydrogen-bond acceptors (Lipinski definition) is 8. The summed E-state index contributed by atoms with van der Waals surface area (Å²) >= 11 is 13.1. The van der Waals surface area contributed by atoms with Crippen molar-refractivity contribution in [1.82, 2.24) is 15.0 Å². The lowest BCUT2D eigenvalue weighted by atomic mass is 9.99. The number of benzene rings is 2. The van der Waals surface area contributed by atoms with Crippen molar-refractivity contribution in [2.45, 2.75) is 93.7 Å².